The van der Waals surface area contributed by atoms with Gasteiger partial charge in [0, 0.05) is 23.3 Å². The smallest absolute Gasteiger partial charge is 0.323 e. The maximum absolute atomic E-state index is 12.2. The summed E-state index contributed by atoms with van der Waals surface area (Å²) < 4.78 is 5.21. The molecule has 4 nitrogen and oxygen atoms in total. The third kappa shape index (κ3) is 4.12. The Morgan fingerprint density at radius 1 is 1.31 bits per heavy atom. The second kappa shape index (κ2) is 8.53. The number of rotatable bonds is 5. The lowest BCUT2D eigenvalue weighted by atomic mass is 9.86. The maximum Gasteiger partial charge on any atom is 0.323 e. The predicted molar refractivity (Wildman–Crippen MR) is 108 cm³/mol. The van der Waals surface area contributed by atoms with Crippen molar-refractivity contribution in [3.8, 4) is 0 Å². The van der Waals surface area contributed by atoms with Gasteiger partial charge in [0.05, 0.1) is 6.61 Å². The SMILES string of the molecule is CCOC(=O)C1C=C(C)c2c(ccc3c2C(CCNC(C)=O)CCS3)S1. The van der Waals surface area contributed by atoms with Crippen molar-refractivity contribution in [2.24, 2.45) is 0 Å². The third-order valence-corrected chi connectivity index (χ3v) is 7.02. The largest absolute Gasteiger partial charge is 0.465 e. The van der Waals surface area contributed by atoms with Gasteiger partial charge in [0.2, 0.25) is 5.91 Å². The normalized spacial score (nSPS) is 21.3. The van der Waals surface area contributed by atoms with E-state index in [2.05, 4.69) is 24.4 Å². The summed E-state index contributed by atoms with van der Waals surface area (Å²) in [6, 6.07) is 4.34. The van der Waals surface area contributed by atoms with Crippen molar-refractivity contribution < 1.29 is 14.3 Å². The van der Waals surface area contributed by atoms with Crippen LogP contribution in [0.1, 0.15) is 50.7 Å². The summed E-state index contributed by atoms with van der Waals surface area (Å²) in [6.45, 7) is 6.60. The fourth-order valence-electron chi connectivity index (χ4n) is 3.60. The third-order valence-electron chi connectivity index (χ3n) is 4.73. The van der Waals surface area contributed by atoms with Gasteiger partial charge in [-0.15, -0.1) is 23.5 Å². The number of hydrogen-bond donors (Lipinski definition) is 1. The Morgan fingerprint density at radius 3 is 2.81 bits per heavy atom. The molecule has 0 saturated heterocycles. The van der Waals surface area contributed by atoms with Gasteiger partial charge in [0.25, 0.3) is 0 Å². The zero-order valence-electron chi connectivity index (χ0n) is 15.5. The molecule has 2 unspecified atom stereocenters. The molecule has 2 aliphatic heterocycles. The van der Waals surface area contributed by atoms with E-state index >= 15 is 0 Å². The Hall–Kier alpha value is -1.40. The Bertz CT molecular complexity index is 745. The Labute approximate surface area is 163 Å². The number of benzene rings is 1. The van der Waals surface area contributed by atoms with Gasteiger partial charge < -0.3 is 10.1 Å². The van der Waals surface area contributed by atoms with Crippen molar-refractivity contribution in [3.63, 3.8) is 0 Å². The van der Waals surface area contributed by atoms with E-state index in [1.54, 1.807) is 18.7 Å². The van der Waals surface area contributed by atoms with Crippen molar-refractivity contribution in [1.82, 2.24) is 5.32 Å². The lowest BCUT2D eigenvalue weighted by molar-refractivity contribution is -0.141. The molecule has 0 saturated carbocycles. The fourth-order valence-corrected chi connectivity index (χ4v) is 6.06. The summed E-state index contributed by atoms with van der Waals surface area (Å²) in [7, 11) is 0. The second-order valence-corrected chi connectivity index (χ2v) is 8.92. The molecule has 0 bridgehead atoms. The summed E-state index contributed by atoms with van der Waals surface area (Å²) in [6.07, 6.45) is 4.10. The van der Waals surface area contributed by atoms with E-state index in [-0.39, 0.29) is 17.1 Å². The van der Waals surface area contributed by atoms with Gasteiger partial charge in [-0.3, -0.25) is 9.59 Å². The van der Waals surface area contributed by atoms with Crippen LogP contribution in [-0.2, 0) is 14.3 Å². The molecule has 1 N–H and O–H groups in total. The molecule has 1 aromatic rings. The highest BCUT2D eigenvalue weighted by molar-refractivity contribution is 8.01. The first kappa shape index (κ1) is 19.4. The van der Waals surface area contributed by atoms with Crippen LogP contribution in [-0.4, -0.2) is 36.0 Å². The first-order valence-corrected chi connectivity index (χ1v) is 10.9. The number of nitrogens with one attached hydrogen (secondary N) is 1. The van der Waals surface area contributed by atoms with Gasteiger partial charge in [-0.25, -0.2) is 0 Å². The molecule has 140 valence electrons. The van der Waals surface area contributed by atoms with Crippen molar-refractivity contribution in [2.75, 3.05) is 18.9 Å². The lowest BCUT2D eigenvalue weighted by Gasteiger charge is -2.32. The van der Waals surface area contributed by atoms with Crippen molar-refractivity contribution >= 4 is 41.0 Å². The van der Waals surface area contributed by atoms with Crippen molar-refractivity contribution in [3.05, 3.63) is 29.3 Å². The Balaban J connectivity index is 1.90. The highest BCUT2D eigenvalue weighted by atomic mass is 32.2. The van der Waals surface area contributed by atoms with Gasteiger partial charge in [-0.05, 0) is 67.2 Å². The number of hydrogen-bond acceptors (Lipinski definition) is 5. The minimum atomic E-state index is -0.269. The summed E-state index contributed by atoms with van der Waals surface area (Å²) in [5.74, 6) is 1.40. The zero-order chi connectivity index (χ0) is 18.7. The minimum Gasteiger partial charge on any atom is -0.465 e. The highest BCUT2D eigenvalue weighted by Crippen LogP contribution is 2.48. The molecular weight excluding hydrogens is 366 g/mol. The average Bonchev–Trinajstić information content (AvgIpc) is 2.61. The molecule has 2 atom stereocenters. The monoisotopic (exact) mass is 391 g/mol. The van der Waals surface area contributed by atoms with Crippen LogP contribution in [0.4, 0.5) is 0 Å². The molecule has 3 rings (SSSR count). The number of thioether (sulfide) groups is 2. The van der Waals surface area contributed by atoms with E-state index in [0.717, 1.165) is 29.1 Å². The fraction of sp³-hybridized carbons (Fsp3) is 0.500. The van der Waals surface area contributed by atoms with Crippen LogP contribution in [0, 0.1) is 0 Å². The molecule has 0 radical (unpaired) electrons. The molecule has 0 aromatic heterocycles. The van der Waals surface area contributed by atoms with Crippen LogP contribution < -0.4 is 5.32 Å². The van der Waals surface area contributed by atoms with Gasteiger partial charge >= 0.3 is 5.97 Å². The molecule has 2 aliphatic rings. The number of ether oxygens (including phenoxy) is 1. The first-order chi connectivity index (χ1) is 12.5. The molecular formula is C20H25NO3S2. The summed E-state index contributed by atoms with van der Waals surface area (Å²) in [4.78, 5) is 25.9. The van der Waals surface area contributed by atoms with E-state index in [4.69, 9.17) is 4.74 Å². The van der Waals surface area contributed by atoms with Crippen LogP contribution >= 0.6 is 23.5 Å². The number of esters is 1. The van der Waals surface area contributed by atoms with Gasteiger partial charge in [-0.1, -0.05) is 6.08 Å². The molecule has 0 fully saturated rings. The van der Waals surface area contributed by atoms with Crippen LogP contribution in [0.3, 0.4) is 0 Å². The second-order valence-electron chi connectivity index (χ2n) is 6.60. The van der Waals surface area contributed by atoms with Gasteiger partial charge in [0.15, 0.2) is 0 Å². The number of allylic oxidation sites excluding steroid dienone is 1. The minimum absolute atomic E-state index is 0.0226. The first-order valence-electron chi connectivity index (χ1n) is 9.07. The Kier molecular flexibility index (Phi) is 6.35. The standard InChI is InChI=1S/C20H25NO3S2/c1-4-24-20(23)17-11-12(2)18-16(26-17)6-5-15-19(18)14(8-10-25-15)7-9-21-13(3)22/h5-6,11,14,17H,4,7-10H2,1-3H3,(H,21,22). The van der Waals surface area contributed by atoms with Crippen LogP contribution in [0.25, 0.3) is 5.57 Å². The zero-order valence-corrected chi connectivity index (χ0v) is 17.1. The number of fused-ring (bicyclic) bond motifs is 3. The Morgan fingerprint density at radius 2 is 2.08 bits per heavy atom. The molecule has 26 heavy (non-hydrogen) atoms. The lowest BCUT2D eigenvalue weighted by Crippen LogP contribution is -2.25. The van der Waals surface area contributed by atoms with Crippen LogP contribution in [0.5, 0.6) is 0 Å². The van der Waals surface area contributed by atoms with E-state index in [9.17, 15) is 9.59 Å². The molecule has 1 amide bonds. The summed E-state index contributed by atoms with van der Waals surface area (Å²) in [5.41, 5.74) is 3.83. The van der Waals surface area contributed by atoms with Crippen molar-refractivity contribution in [2.45, 2.75) is 54.6 Å². The number of carbonyl (C=O) groups is 2. The highest BCUT2D eigenvalue weighted by Gasteiger charge is 2.31. The van der Waals surface area contributed by atoms with E-state index in [0.29, 0.717) is 19.1 Å². The molecule has 0 aliphatic carbocycles. The summed E-state index contributed by atoms with van der Waals surface area (Å²) in [5, 5.41) is 2.66. The van der Waals surface area contributed by atoms with Crippen LogP contribution in [0.2, 0.25) is 0 Å². The van der Waals surface area contributed by atoms with E-state index in [1.165, 1.54) is 16.0 Å². The predicted octanol–water partition coefficient (Wildman–Crippen LogP) is 4.23. The van der Waals surface area contributed by atoms with E-state index in [1.807, 2.05) is 24.8 Å². The number of amides is 1. The quantitative estimate of drug-likeness (QED) is 0.761. The van der Waals surface area contributed by atoms with Crippen LogP contribution in [0.15, 0.2) is 28.0 Å². The molecule has 0 spiro atoms. The topological polar surface area (TPSA) is 55.4 Å². The average molecular weight is 392 g/mol. The van der Waals surface area contributed by atoms with Gasteiger partial charge in [-0.2, -0.15) is 0 Å². The molecule has 6 heteroatoms. The number of carbonyl (C=O) groups excluding carboxylic acids is 2. The summed E-state index contributed by atoms with van der Waals surface area (Å²) >= 11 is 3.49. The van der Waals surface area contributed by atoms with Crippen molar-refractivity contribution in [1.29, 1.82) is 0 Å². The van der Waals surface area contributed by atoms with E-state index < -0.39 is 0 Å². The molecule has 1 aromatic carbocycles. The van der Waals surface area contributed by atoms with Gasteiger partial charge in [0.1, 0.15) is 5.25 Å². The molecule has 2 heterocycles. The maximum atomic E-state index is 12.2.